The molecule has 0 bridgehead atoms. The molecule has 0 aliphatic carbocycles. The number of carbonyl (C=O) groups excluding carboxylic acids is 2. The van der Waals surface area contributed by atoms with Gasteiger partial charge in [0, 0.05) is 25.9 Å². The summed E-state index contributed by atoms with van der Waals surface area (Å²) in [5.41, 5.74) is 1.79. The fourth-order valence-electron chi connectivity index (χ4n) is 3.12. The Labute approximate surface area is 173 Å². The van der Waals surface area contributed by atoms with Gasteiger partial charge in [0.2, 0.25) is 11.8 Å². The van der Waals surface area contributed by atoms with E-state index in [-0.39, 0.29) is 24.2 Å². The maximum Gasteiger partial charge on any atom is 0.243 e. The molecule has 156 valence electrons. The monoisotopic (exact) mass is 398 g/mol. The molecule has 29 heavy (non-hydrogen) atoms. The van der Waals surface area contributed by atoms with E-state index in [2.05, 4.69) is 5.32 Å². The van der Waals surface area contributed by atoms with Gasteiger partial charge in [0.1, 0.15) is 11.9 Å². The molecule has 2 rings (SSSR count). The molecule has 0 aliphatic rings. The average Bonchev–Trinajstić information content (AvgIpc) is 2.71. The van der Waals surface area contributed by atoms with E-state index in [1.165, 1.54) is 12.1 Å². The molecule has 0 spiro atoms. The SMILES string of the molecule is CCCC(=O)N(Cc1ccc(F)cc1)[C@H](Cc1ccccc1)C(=O)NCC(C)C. The molecule has 2 aromatic carbocycles. The molecule has 0 aromatic heterocycles. The summed E-state index contributed by atoms with van der Waals surface area (Å²) in [5.74, 6) is -0.240. The number of nitrogens with one attached hydrogen (secondary N) is 1. The van der Waals surface area contributed by atoms with Crippen LogP contribution in [0.4, 0.5) is 4.39 Å². The fourth-order valence-corrected chi connectivity index (χ4v) is 3.12. The minimum Gasteiger partial charge on any atom is -0.354 e. The van der Waals surface area contributed by atoms with Crippen LogP contribution in [0.5, 0.6) is 0 Å². The Morgan fingerprint density at radius 1 is 1.00 bits per heavy atom. The molecule has 0 aliphatic heterocycles. The van der Waals surface area contributed by atoms with E-state index < -0.39 is 6.04 Å². The highest BCUT2D eigenvalue weighted by molar-refractivity contribution is 5.88. The van der Waals surface area contributed by atoms with Crippen LogP contribution in [-0.4, -0.2) is 29.3 Å². The molecule has 1 N–H and O–H groups in total. The summed E-state index contributed by atoms with van der Waals surface area (Å²) in [6.45, 7) is 6.83. The van der Waals surface area contributed by atoms with Gasteiger partial charge >= 0.3 is 0 Å². The lowest BCUT2D eigenvalue weighted by atomic mass is 10.0. The summed E-state index contributed by atoms with van der Waals surface area (Å²) in [7, 11) is 0. The van der Waals surface area contributed by atoms with Crippen LogP contribution in [0.3, 0.4) is 0 Å². The second-order valence-electron chi connectivity index (χ2n) is 7.74. The van der Waals surface area contributed by atoms with Gasteiger partial charge in [0.25, 0.3) is 0 Å². The largest absolute Gasteiger partial charge is 0.354 e. The lowest BCUT2D eigenvalue weighted by molar-refractivity contribution is -0.141. The van der Waals surface area contributed by atoms with Crippen molar-refractivity contribution in [2.45, 2.75) is 52.6 Å². The van der Waals surface area contributed by atoms with Crippen LogP contribution in [-0.2, 0) is 22.6 Å². The number of hydrogen-bond acceptors (Lipinski definition) is 2. The van der Waals surface area contributed by atoms with Crippen molar-refractivity contribution in [3.05, 3.63) is 71.5 Å². The number of rotatable bonds is 10. The van der Waals surface area contributed by atoms with E-state index in [4.69, 9.17) is 0 Å². The van der Waals surface area contributed by atoms with Crippen molar-refractivity contribution >= 4 is 11.8 Å². The molecule has 1 atom stereocenters. The van der Waals surface area contributed by atoms with Crippen LogP contribution in [0.1, 0.15) is 44.7 Å². The highest BCUT2D eigenvalue weighted by atomic mass is 19.1. The van der Waals surface area contributed by atoms with Gasteiger partial charge < -0.3 is 10.2 Å². The number of hydrogen-bond donors (Lipinski definition) is 1. The van der Waals surface area contributed by atoms with E-state index in [1.54, 1.807) is 17.0 Å². The van der Waals surface area contributed by atoms with Crippen molar-refractivity contribution in [3.63, 3.8) is 0 Å². The third kappa shape index (κ3) is 7.33. The Morgan fingerprint density at radius 3 is 2.24 bits per heavy atom. The van der Waals surface area contributed by atoms with Gasteiger partial charge in [-0.3, -0.25) is 9.59 Å². The van der Waals surface area contributed by atoms with Crippen LogP contribution >= 0.6 is 0 Å². The van der Waals surface area contributed by atoms with E-state index in [1.807, 2.05) is 51.1 Å². The summed E-state index contributed by atoms with van der Waals surface area (Å²) in [4.78, 5) is 27.7. The van der Waals surface area contributed by atoms with Gasteiger partial charge in [0.05, 0.1) is 0 Å². The molecule has 0 saturated carbocycles. The predicted octanol–water partition coefficient (Wildman–Crippen LogP) is 4.34. The normalized spacial score (nSPS) is 11.9. The first-order valence-corrected chi connectivity index (χ1v) is 10.3. The van der Waals surface area contributed by atoms with Crippen LogP contribution in [0.15, 0.2) is 54.6 Å². The molecule has 0 saturated heterocycles. The number of halogens is 1. The van der Waals surface area contributed by atoms with Crippen LogP contribution in [0.25, 0.3) is 0 Å². The first-order valence-electron chi connectivity index (χ1n) is 10.3. The van der Waals surface area contributed by atoms with Crippen molar-refractivity contribution in [1.82, 2.24) is 10.2 Å². The number of benzene rings is 2. The van der Waals surface area contributed by atoms with Crippen LogP contribution < -0.4 is 5.32 Å². The molecular weight excluding hydrogens is 367 g/mol. The molecule has 4 nitrogen and oxygen atoms in total. The first-order chi connectivity index (χ1) is 13.9. The minimum atomic E-state index is -0.625. The Bertz CT molecular complexity index is 775. The fraction of sp³-hybridized carbons (Fsp3) is 0.417. The zero-order chi connectivity index (χ0) is 21.2. The molecule has 0 heterocycles. The van der Waals surface area contributed by atoms with E-state index in [9.17, 15) is 14.0 Å². The molecule has 5 heteroatoms. The van der Waals surface area contributed by atoms with Gasteiger partial charge in [-0.1, -0.05) is 63.2 Å². The van der Waals surface area contributed by atoms with Crippen molar-refractivity contribution < 1.29 is 14.0 Å². The highest BCUT2D eigenvalue weighted by Crippen LogP contribution is 2.17. The van der Waals surface area contributed by atoms with E-state index >= 15 is 0 Å². The average molecular weight is 399 g/mol. The molecule has 0 fully saturated rings. The Hall–Kier alpha value is -2.69. The Morgan fingerprint density at radius 2 is 1.66 bits per heavy atom. The molecule has 2 amide bonds. The summed E-state index contributed by atoms with van der Waals surface area (Å²) in [5, 5.41) is 2.98. The topological polar surface area (TPSA) is 49.4 Å². The summed E-state index contributed by atoms with van der Waals surface area (Å²) in [6.07, 6.45) is 1.50. The maximum atomic E-state index is 13.3. The predicted molar refractivity (Wildman–Crippen MR) is 114 cm³/mol. The van der Waals surface area contributed by atoms with Crippen molar-refractivity contribution in [2.24, 2.45) is 5.92 Å². The molecule has 0 unspecified atom stereocenters. The smallest absolute Gasteiger partial charge is 0.243 e. The number of carbonyl (C=O) groups is 2. The lowest BCUT2D eigenvalue weighted by Gasteiger charge is -2.32. The van der Waals surface area contributed by atoms with Gasteiger partial charge in [-0.2, -0.15) is 0 Å². The van der Waals surface area contributed by atoms with Gasteiger partial charge in [-0.15, -0.1) is 0 Å². The second-order valence-corrected chi connectivity index (χ2v) is 7.74. The summed E-state index contributed by atoms with van der Waals surface area (Å²) in [6, 6.07) is 15.2. The molecule has 0 radical (unpaired) electrons. The van der Waals surface area contributed by atoms with Gasteiger partial charge in [-0.05, 0) is 35.6 Å². The highest BCUT2D eigenvalue weighted by Gasteiger charge is 2.29. The molecular formula is C24H31FN2O2. The first kappa shape index (κ1) is 22.6. The quantitative estimate of drug-likeness (QED) is 0.647. The third-order valence-electron chi connectivity index (χ3n) is 4.69. The maximum absolute atomic E-state index is 13.3. The Balaban J connectivity index is 2.33. The van der Waals surface area contributed by atoms with E-state index in [0.29, 0.717) is 31.7 Å². The Kier molecular flexibility index (Phi) is 8.84. The third-order valence-corrected chi connectivity index (χ3v) is 4.69. The van der Waals surface area contributed by atoms with Crippen molar-refractivity contribution in [1.29, 1.82) is 0 Å². The number of nitrogens with zero attached hydrogens (tertiary/aromatic N) is 1. The van der Waals surface area contributed by atoms with Gasteiger partial charge in [-0.25, -0.2) is 4.39 Å². The van der Waals surface area contributed by atoms with Gasteiger partial charge in [0.15, 0.2) is 0 Å². The van der Waals surface area contributed by atoms with Crippen molar-refractivity contribution in [3.8, 4) is 0 Å². The van der Waals surface area contributed by atoms with Crippen LogP contribution in [0.2, 0.25) is 0 Å². The van der Waals surface area contributed by atoms with E-state index in [0.717, 1.165) is 11.1 Å². The standard InChI is InChI=1S/C24H31FN2O2/c1-4-8-23(28)27(17-20-11-13-21(25)14-12-20)22(24(29)26-16-18(2)3)15-19-9-6-5-7-10-19/h5-7,9-14,18,22H,4,8,15-17H2,1-3H3,(H,26,29)/t22-/m1/s1. The summed E-state index contributed by atoms with van der Waals surface area (Å²) >= 11 is 0. The van der Waals surface area contributed by atoms with Crippen molar-refractivity contribution in [2.75, 3.05) is 6.54 Å². The number of amides is 2. The summed E-state index contributed by atoms with van der Waals surface area (Å²) < 4.78 is 13.3. The second kappa shape index (κ2) is 11.3. The lowest BCUT2D eigenvalue weighted by Crippen LogP contribution is -2.51. The molecule has 2 aromatic rings. The van der Waals surface area contributed by atoms with Crippen LogP contribution in [0, 0.1) is 11.7 Å². The minimum absolute atomic E-state index is 0.0718. The zero-order valence-electron chi connectivity index (χ0n) is 17.5. The zero-order valence-corrected chi connectivity index (χ0v) is 17.5.